The van der Waals surface area contributed by atoms with Gasteiger partial charge in [0.2, 0.25) is 5.79 Å². The summed E-state index contributed by atoms with van der Waals surface area (Å²) in [6.07, 6.45) is -1.64. The molecule has 0 radical (unpaired) electrons. The number of hydrogen-bond acceptors (Lipinski definition) is 7. The van der Waals surface area contributed by atoms with E-state index >= 15 is 0 Å². The largest absolute Gasteiger partial charge is 0.393 e. The molecule has 7 heteroatoms. The molecule has 0 saturated carbocycles. The van der Waals surface area contributed by atoms with Gasteiger partial charge in [0.15, 0.2) is 0 Å². The van der Waals surface area contributed by atoms with Crippen LogP contribution in [0.4, 0.5) is 0 Å². The van der Waals surface area contributed by atoms with Gasteiger partial charge in [0.05, 0.1) is 33.0 Å². The van der Waals surface area contributed by atoms with E-state index in [4.69, 9.17) is 23.7 Å². The summed E-state index contributed by atoms with van der Waals surface area (Å²) in [4.78, 5) is 0. The summed E-state index contributed by atoms with van der Waals surface area (Å²) in [5.41, 5.74) is 1.44. The third-order valence-corrected chi connectivity index (χ3v) is 6.44. The summed E-state index contributed by atoms with van der Waals surface area (Å²) in [7, 11) is 1.50. The van der Waals surface area contributed by atoms with Crippen molar-refractivity contribution in [2.24, 2.45) is 0 Å². The van der Waals surface area contributed by atoms with Crippen LogP contribution in [0.3, 0.4) is 0 Å². The van der Waals surface area contributed by atoms with E-state index in [1.165, 1.54) is 7.11 Å². The van der Waals surface area contributed by atoms with Crippen molar-refractivity contribution in [1.82, 2.24) is 0 Å². The molecular formula is C29H34O7. The number of aliphatic hydroxyl groups excluding tert-OH is 2. The van der Waals surface area contributed by atoms with Crippen molar-refractivity contribution in [1.29, 1.82) is 0 Å². The first-order valence-electron chi connectivity index (χ1n) is 12.0. The molecule has 0 bridgehead atoms. The molecule has 3 aromatic carbocycles. The van der Waals surface area contributed by atoms with Crippen molar-refractivity contribution in [2.45, 2.75) is 43.4 Å². The highest BCUT2D eigenvalue weighted by Gasteiger charge is 2.65. The van der Waals surface area contributed by atoms with E-state index < -0.39 is 36.8 Å². The molecule has 36 heavy (non-hydrogen) atoms. The molecule has 4 rings (SSSR count). The number of methoxy groups -OCH3 is 1. The van der Waals surface area contributed by atoms with E-state index in [9.17, 15) is 10.2 Å². The van der Waals surface area contributed by atoms with Gasteiger partial charge >= 0.3 is 0 Å². The predicted molar refractivity (Wildman–Crippen MR) is 134 cm³/mol. The first-order chi connectivity index (χ1) is 17.6. The summed E-state index contributed by atoms with van der Waals surface area (Å²) in [6.45, 7) is -0.133. The molecule has 192 valence electrons. The molecule has 3 atom stereocenters. The number of aliphatic hydroxyl groups is 2. The van der Waals surface area contributed by atoms with Gasteiger partial charge in [-0.25, -0.2) is 0 Å². The Morgan fingerprint density at radius 3 is 1.56 bits per heavy atom. The smallest absolute Gasteiger partial charge is 0.222 e. The number of rotatable bonds is 13. The molecule has 1 aliphatic rings. The molecule has 1 saturated heterocycles. The maximum Gasteiger partial charge on any atom is 0.222 e. The second kappa shape index (κ2) is 12.6. The van der Waals surface area contributed by atoms with Crippen LogP contribution in [0.15, 0.2) is 91.0 Å². The fraction of sp³-hybridized carbons (Fsp3) is 0.379. The summed E-state index contributed by atoms with van der Waals surface area (Å²) in [5.74, 6) is -1.42. The van der Waals surface area contributed by atoms with Gasteiger partial charge < -0.3 is 33.9 Å². The lowest BCUT2D eigenvalue weighted by Gasteiger charge is -2.33. The predicted octanol–water partition coefficient (Wildman–Crippen LogP) is 3.47. The zero-order valence-electron chi connectivity index (χ0n) is 20.5. The quantitative estimate of drug-likeness (QED) is 0.376. The lowest BCUT2D eigenvalue weighted by molar-refractivity contribution is -0.299. The maximum atomic E-state index is 10.4. The van der Waals surface area contributed by atoms with Gasteiger partial charge in [-0.3, -0.25) is 0 Å². The van der Waals surface area contributed by atoms with Gasteiger partial charge in [-0.05, 0) is 16.7 Å². The average molecular weight is 495 g/mol. The van der Waals surface area contributed by atoms with Crippen molar-refractivity contribution in [3.05, 3.63) is 108 Å². The third-order valence-electron chi connectivity index (χ3n) is 6.44. The molecule has 0 spiro atoms. The Hall–Kier alpha value is -2.62. The van der Waals surface area contributed by atoms with E-state index in [-0.39, 0.29) is 19.8 Å². The normalized spacial score (nSPS) is 23.1. The van der Waals surface area contributed by atoms with Crippen LogP contribution in [0, 0.1) is 0 Å². The zero-order valence-corrected chi connectivity index (χ0v) is 20.5. The Balaban J connectivity index is 1.60. The molecule has 7 nitrogen and oxygen atoms in total. The lowest BCUT2D eigenvalue weighted by Crippen LogP contribution is -2.52. The van der Waals surface area contributed by atoms with E-state index in [0.29, 0.717) is 6.61 Å². The molecule has 1 heterocycles. The number of hydrogen-bond donors (Lipinski definition) is 2. The van der Waals surface area contributed by atoms with Crippen molar-refractivity contribution >= 4 is 0 Å². The zero-order chi connectivity index (χ0) is 25.3. The van der Waals surface area contributed by atoms with Crippen molar-refractivity contribution in [3.8, 4) is 0 Å². The van der Waals surface area contributed by atoms with Crippen LogP contribution in [0.1, 0.15) is 16.7 Å². The van der Waals surface area contributed by atoms with Crippen LogP contribution in [-0.2, 0) is 43.5 Å². The first-order valence-corrected chi connectivity index (χ1v) is 12.0. The molecule has 0 amide bonds. The Bertz CT molecular complexity index is 1030. The Morgan fingerprint density at radius 1 is 0.667 bits per heavy atom. The molecule has 1 fully saturated rings. The van der Waals surface area contributed by atoms with E-state index in [1.807, 2.05) is 91.0 Å². The molecule has 0 aromatic heterocycles. The van der Waals surface area contributed by atoms with Crippen molar-refractivity contribution < 1.29 is 33.9 Å². The average Bonchev–Trinajstić information content (AvgIpc) is 3.21. The fourth-order valence-corrected chi connectivity index (χ4v) is 4.45. The van der Waals surface area contributed by atoms with Crippen LogP contribution in [0.5, 0.6) is 0 Å². The molecule has 3 aromatic rings. The van der Waals surface area contributed by atoms with Crippen LogP contribution >= 0.6 is 0 Å². The van der Waals surface area contributed by atoms with Gasteiger partial charge in [0, 0.05) is 7.11 Å². The topological polar surface area (TPSA) is 86.6 Å². The summed E-state index contributed by atoms with van der Waals surface area (Å²) in [6, 6.07) is 29.2. The lowest BCUT2D eigenvalue weighted by atomic mass is 9.94. The third kappa shape index (κ3) is 6.02. The van der Waals surface area contributed by atoms with Gasteiger partial charge in [-0.1, -0.05) is 91.0 Å². The minimum Gasteiger partial charge on any atom is -0.393 e. The first kappa shape index (κ1) is 26.4. The molecule has 2 N–H and O–H groups in total. The van der Waals surface area contributed by atoms with Crippen molar-refractivity contribution in [3.63, 3.8) is 0 Å². The number of benzene rings is 3. The highest BCUT2D eigenvalue weighted by molar-refractivity contribution is 5.17. The second-order valence-electron chi connectivity index (χ2n) is 8.91. The minimum atomic E-state index is -1.46. The van der Waals surface area contributed by atoms with Crippen LogP contribution in [-0.4, -0.2) is 60.7 Å². The van der Waals surface area contributed by atoms with Gasteiger partial charge in [-0.15, -0.1) is 0 Å². The standard InChI is InChI=1S/C29H34O7/c1-32-29(22-33-17-23-11-5-2-6-12-23)27(35-19-25-15-9-4-10-16-25)26(28(20-30,21-31)36-29)34-18-24-13-7-3-8-14-24/h2-16,26-27,30-31H,17-22H2,1H3/t26-,27-,29+/m0/s1. The summed E-state index contributed by atoms with van der Waals surface area (Å²) >= 11 is 0. The Morgan fingerprint density at radius 2 is 1.11 bits per heavy atom. The molecule has 0 unspecified atom stereocenters. The Kier molecular flexibility index (Phi) is 9.23. The minimum absolute atomic E-state index is 0.00476. The highest BCUT2D eigenvalue weighted by atomic mass is 16.8. The van der Waals surface area contributed by atoms with Crippen LogP contribution < -0.4 is 0 Å². The number of ether oxygens (including phenoxy) is 5. The van der Waals surface area contributed by atoms with Crippen LogP contribution in [0.25, 0.3) is 0 Å². The van der Waals surface area contributed by atoms with E-state index in [2.05, 4.69) is 0 Å². The molecule has 0 aliphatic carbocycles. The van der Waals surface area contributed by atoms with Gasteiger partial charge in [0.1, 0.15) is 24.4 Å². The highest BCUT2D eigenvalue weighted by Crippen LogP contribution is 2.43. The van der Waals surface area contributed by atoms with Gasteiger partial charge in [0.25, 0.3) is 0 Å². The van der Waals surface area contributed by atoms with E-state index in [1.54, 1.807) is 0 Å². The summed E-state index contributed by atoms with van der Waals surface area (Å²) < 4.78 is 30.9. The molecular weight excluding hydrogens is 460 g/mol. The Labute approximate surface area is 212 Å². The summed E-state index contributed by atoms with van der Waals surface area (Å²) in [5, 5.41) is 20.8. The van der Waals surface area contributed by atoms with Gasteiger partial charge in [-0.2, -0.15) is 0 Å². The monoisotopic (exact) mass is 494 g/mol. The van der Waals surface area contributed by atoms with E-state index in [0.717, 1.165) is 16.7 Å². The fourth-order valence-electron chi connectivity index (χ4n) is 4.45. The van der Waals surface area contributed by atoms with Crippen molar-refractivity contribution in [2.75, 3.05) is 26.9 Å². The SMILES string of the molecule is CO[C@]1(COCc2ccccc2)OC(CO)(CO)[C@@H](OCc2ccccc2)[C@@H]1OCc1ccccc1. The van der Waals surface area contributed by atoms with Crippen LogP contribution in [0.2, 0.25) is 0 Å². The second-order valence-corrected chi connectivity index (χ2v) is 8.91. The molecule has 1 aliphatic heterocycles. The maximum absolute atomic E-state index is 10.4.